The van der Waals surface area contributed by atoms with Crippen LogP contribution in [0.2, 0.25) is 0 Å². The first-order valence-electron chi connectivity index (χ1n) is 17.7. The van der Waals surface area contributed by atoms with Crippen LogP contribution in [0.25, 0.3) is 0 Å². The van der Waals surface area contributed by atoms with E-state index in [4.69, 9.17) is 4.74 Å². The van der Waals surface area contributed by atoms with Crippen LogP contribution in [0.3, 0.4) is 0 Å². The summed E-state index contributed by atoms with van der Waals surface area (Å²) in [6.07, 6.45) is 8.14. The molecule has 0 spiro atoms. The van der Waals surface area contributed by atoms with Crippen molar-refractivity contribution in [2.24, 2.45) is 11.3 Å². The molecule has 4 amide bonds. The van der Waals surface area contributed by atoms with E-state index in [1.54, 1.807) is 48.5 Å². The molecule has 12 heteroatoms. The number of amides is 4. The molecule has 2 fully saturated rings. The summed E-state index contributed by atoms with van der Waals surface area (Å²) >= 11 is 1.58. The zero-order chi connectivity index (χ0) is 36.3. The number of likely N-dealkylation sites (N-methyl/N-ethyl adjacent to an activating group) is 1. The van der Waals surface area contributed by atoms with Crippen LogP contribution >= 0.6 is 11.8 Å². The second-order valence-electron chi connectivity index (χ2n) is 14.9. The summed E-state index contributed by atoms with van der Waals surface area (Å²) in [6.45, 7) is 19.0. The molecule has 2 N–H and O–H groups in total. The summed E-state index contributed by atoms with van der Waals surface area (Å²) in [6, 6.07) is -2.71. The molecule has 2 aliphatic heterocycles. The molecular weight excluding hydrogens is 630 g/mol. The highest BCUT2D eigenvalue weighted by atomic mass is 32.2. The summed E-state index contributed by atoms with van der Waals surface area (Å²) < 4.78 is 5.18. The normalized spacial score (nSPS) is 21.1. The van der Waals surface area contributed by atoms with Crippen LogP contribution in [-0.2, 0) is 28.7 Å². The Bertz CT molecular complexity index is 1150. The number of hydrogen-bond donors (Lipinski definition) is 2. The quantitative estimate of drug-likeness (QED) is 0.195. The molecule has 2 saturated heterocycles. The van der Waals surface area contributed by atoms with E-state index in [1.165, 1.54) is 0 Å². The number of rotatable bonds is 15. The smallest absolute Gasteiger partial charge is 0.328 e. The maximum absolute atomic E-state index is 14.2. The molecule has 4 unspecified atom stereocenters. The van der Waals surface area contributed by atoms with E-state index in [0.717, 1.165) is 25.8 Å². The number of hydrogen-bond acceptors (Lipinski definition) is 8. The van der Waals surface area contributed by atoms with Crippen molar-refractivity contribution in [1.29, 1.82) is 0 Å². The number of nitrogens with one attached hydrogen (secondary N) is 2. The van der Waals surface area contributed by atoms with Gasteiger partial charge in [-0.3, -0.25) is 24.1 Å². The maximum Gasteiger partial charge on any atom is 0.328 e. The Kier molecular flexibility index (Phi) is 16.4. The van der Waals surface area contributed by atoms with Crippen molar-refractivity contribution in [2.45, 2.75) is 137 Å². The first-order chi connectivity index (χ1) is 22.5. The molecular formula is C36H63N5O6S. The van der Waals surface area contributed by atoms with E-state index in [-0.39, 0.29) is 48.2 Å². The van der Waals surface area contributed by atoms with Gasteiger partial charge in [0.1, 0.15) is 18.1 Å². The summed E-state index contributed by atoms with van der Waals surface area (Å²) in [4.78, 5) is 73.0. The first-order valence-corrected chi connectivity index (χ1v) is 19.1. The minimum absolute atomic E-state index is 0.0350. The van der Waals surface area contributed by atoms with Gasteiger partial charge in [0, 0.05) is 25.2 Å². The van der Waals surface area contributed by atoms with E-state index in [0.29, 0.717) is 37.1 Å². The van der Waals surface area contributed by atoms with Crippen LogP contribution in [0.4, 0.5) is 0 Å². The van der Waals surface area contributed by atoms with Gasteiger partial charge >= 0.3 is 5.97 Å². The highest BCUT2D eigenvalue weighted by molar-refractivity contribution is 7.98. The second-order valence-corrected chi connectivity index (χ2v) is 15.9. The highest BCUT2D eigenvalue weighted by Crippen LogP contribution is 2.27. The number of carbonyl (C=O) groups excluding carboxylic acids is 5. The minimum Gasteiger partial charge on any atom is -0.464 e. The van der Waals surface area contributed by atoms with Gasteiger partial charge in [0.25, 0.3) is 0 Å². The Morgan fingerprint density at radius 1 is 0.958 bits per heavy atom. The van der Waals surface area contributed by atoms with Gasteiger partial charge < -0.3 is 25.2 Å². The largest absolute Gasteiger partial charge is 0.464 e. The Hall–Kier alpha value is -2.60. The zero-order valence-electron chi connectivity index (χ0n) is 31.4. The van der Waals surface area contributed by atoms with Crippen LogP contribution < -0.4 is 10.6 Å². The predicted octanol–water partition coefficient (Wildman–Crippen LogP) is 4.00. The number of ether oxygens (including phenoxy) is 1. The van der Waals surface area contributed by atoms with Crippen molar-refractivity contribution < 1.29 is 28.7 Å². The van der Waals surface area contributed by atoms with Crippen molar-refractivity contribution in [3.63, 3.8) is 0 Å². The molecule has 274 valence electrons. The van der Waals surface area contributed by atoms with Crippen LogP contribution in [0.5, 0.6) is 0 Å². The van der Waals surface area contributed by atoms with Gasteiger partial charge in [0.05, 0.1) is 18.7 Å². The molecule has 0 saturated carbocycles. The number of carbonyl (C=O) groups is 5. The van der Waals surface area contributed by atoms with Gasteiger partial charge in [-0.15, -0.1) is 0 Å². The third kappa shape index (κ3) is 11.2. The Morgan fingerprint density at radius 3 is 2.15 bits per heavy atom. The first kappa shape index (κ1) is 41.6. The SMILES string of the molecule is CCOC(=O)C(CCSC)NC(=O)C1CCCN1C(=O)/C(C)=C/[C@H](C(C)C)N(C)C(=O)C(NC(=O)C1CCCCN1C(C)C)C(C)(C)C. The summed E-state index contributed by atoms with van der Waals surface area (Å²) in [5, 5.41) is 5.96. The molecule has 0 aromatic heterocycles. The Labute approximate surface area is 293 Å². The number of nitrogens with zero attached hydrogens (tertiary/aromatic N) is 3. The highest BCUT2D eigenvalue weighted by Gasteiger charge is 2.41. The van der Waals surface area contributed by atoms with E-state index >= 15 is 0 Å². The standard InChI is InChI=1S/C36H63N5O6S/c1-12-47-35(46)26(18-21-48-11)37-31(42)28-17-15-20-41(28)33(44)25(6)22-29(23(2)3)39(10)34(45)30(36(7,8)9)38-32(43)27-16-13-14-19-40(27)24(4)5/h22-24,26-30H,12-21H2,1-11H3,(H,37,42)(H,38,43)/b25-22+/t26?,27?,28?,29-,30?/m1/s1. The fourth-order valence-electron chi connectivity index (χ4n) is 6.67. The molecule has 5 atom stereocenters. The molecule has 2 heterocycles. The third-order valence-electron chi connectivity index (χ3n) is 9.46. The van der Waals surface area contributed by atoms with E-state index in [9.17, 15) is 24.0 Å². The van der Waals surface area contributed by atoms with Gasteiger partial charge in [-0.05, 0) is 89.7 Å². The van der Waals surface area contributed by atoms with Crippen LogP contribution in [0.1, 0.15) is 101 Å². The maximum atomic E-state index is 14.2. The average molecular weight is 694 g/mol. The van der Waals surface area contributed by atoms with Crippen molar-refractivity contribution in [2.75, 3.05) is 38.8 Å². The van der Waals surface area contributed by atoms with Crippen LogP contribution in [0, 0.1) is 11.3 Å². The van der Waals surface area contributed by atoms with Gasteiger partial charge in [-0.1, -0.05) is 47.1 Å². The molecule has 0 aliphatic carbocycles. The second kappa shape index (κ2) is 19.0. The van der Waals surface area contributed by atoms with E-state index in [2.05, 4.69) is 29.4 Å². The third-order valence-corrected chi connectivity index (χ3v) is 10.1. The lowest BCUT2D eigenvalue weighted by molar-refractivity contribution is -0.148. The molecule has 0 aromatic carbocycles. The Morgan fingerprint density at radius 2 is 1.58 bits per heavy atom. The number of esters is 1. The summed E-state index contributed by atoms with van der Waals surface area (Å²) in [5.74, 6) is -0.802. The van der Waals surface area contributed by atoms with Crippen molar-refractivity contribution in [3.05, 3.63) is 11.6 Å². The number of thioether (sulfide) groups is 1. The molecule has 0 radical (unpaired) electrons. The topological polar surface area (TPSA) is 128 Å². The molecule has 0 aromatic rings. The zero-order valence-corrected chi connectivity index (χ0v) is 32.2. The molecule has 2 aliphatic rings. The molecule has 11 nitrogen and oxygen atoms in total. The lowest BCUT2D eigenvalue weighted by Crippen LogP contribution is -2.60. The van der Waals surface area contributed by atoms with E-state index < -0.39 is 35.6 Å². The molecule has 0 bridgehead atoms. The monoisotopic (exact) mass is 693 g/mol. The van der Waals surface area contributed by atoms with Gasteiger partial charge in [-0.2, -0.15) is 11.8 Å². The van der Waals surface area contributed by atoms with Gasteiger partial charge in [0.15, 0.2) is 0 Å². The summed E-state index contributed by atoms with van der Waals surface area (Å²) in [5.41, 5.74) is -0.120. The van der Waals surface area contributed by atoms with Gasteiger partial charge in [-0.25, -0.2) is 4.79 Å². The lowest BCUT2D eigenvalue weighted by atomic mass is 9.84. The molecule has 48 heavy (non-hydrogen) atoms. The summed E-state index contributed by atoms with van der Waals surface area (Å²) in [7, 11) is 1.73. The van der Waals surface area contributed by atoms with Crippen molar-refractivity contribution >= 4 is 41.4 Å². The van der Waals surface area contributed by atoms with E-state index in [1.807, 2.05) is 40.9 Å². The molecule has 2 rings (SSSR count). The fraction of sp³-hybridized carbons (Fsp3) is 0.806. The minimum atomic E-state index is -0.771. The predicted molar refractivity (Wildman–Crippen MR) is 192 cm³/mol. The van der Waals surface area contributed by atoms with Crippen LogP contribution in [0.15, 0.2) is 11.6 Å². The number of piperidine rings is 1. The number of likely N-dealkylation sites (tertiary alicyclic amines) is 2. The van der Waals surface area contributed by atoms with Crippen molar-refractivity contribution in [3.8, 4) is 0 Å². The Balaban J connectivity index is 2.26. The van der Waals surface area contributed by atoms with Gasteiger partial charge in [0.2, 0.25) is 23.6 Å². The van der Waals surface area contributed by atoms with Crippen molar-refractivity contribution in [1.82, 2.24) is 25.3 Å². The average Bonchev–Trinajstić information content (AvgIpc) is 3.52. The van der Waals surface area contributed by atoms with Crippen LogP contribution in [-0.4, -0.2) is 119 Å². The lowest BCUT2D eigenvalue weighted by Gasteiger charge is -2.41. The fourth-order valence-corrected chi connectivity index (χ4v) is 7.15.